The molecule has 0 saturated heterocycles. The fraction of sp³-hybridized carbons (Fsp3) is 0.826. The third kappa shape index (κ3) is 22.5. The molecule has 192 valence electrons. The molecule has 0 heterocycles. The lowest BCUT2D eigenvalue weighted by Crippen LogP contribution is -2.26. The van der Waals surface area contributed by atoms with Gasteiger partial charge in [0, 0.05) is 13.1 Å². The number of hydrogen-bond donors (Lipinski definition) is 2. The van der Waals surface area contributed by atoms with Gasteiger partial charge in [0.2, 0.25) is 0 Å². The van der Waals surface area contributed by atoms with E-state index in [0.717, 1.165) is 44.9 Å². The molecule has 0 aliphatic heterocycles. The first-order valence-electron chi connectivity index (χ1n) is 12.1. The Bertz CT molecular complexity index is 543. The quantitative estimate of drug-likeness (QED) is 0.155. The van der Waals surface area contributed by atoms with Gasteiger partial charge in [0.15, 0.2) is 0 Å². The van der Waals surface area contributed by atoms with Gasteiger partial charge in [-0.05, 0) is 39.0 Å². The van der Waals surface area contributed by atoms with E-state index in [0.29, 0.717) is 39.1 Å². The zero-order valence-electron chi connectivity index (χ0n) is 20.3. The zero-order valence-corrected chi connectivity index (χ0v) is 20.3. The van der Waals surface area contributed by atoms with Crippen molar-refractivity contribution in [3.05, 3.63) is 0 Å². The molecule has 0 aliphatic rings. The predicted octanol–water partition coefficient (Wildman–Crippen LogP) is 3.86. The van der Waals surface area contributed by atoms with Crippen molar-refractivity contribution in [1.29, 1.82) is 0 Å². The summed E-state index contributed by atoms with van der Waals surface area (Å²) >= 11 is 0. The highest BCUT2D eigenvalue weighted by Crippen LogP contribution is 2.01. The number of hydrogen-bond acceptors (Lipinski definition) is 8. The molecule has 0 atom stereocenters. The summed E-state index contributed by atoms with van der Waals surface area (Å²) in [6.07, 6.45) is 6.80. The topological polar surface area (TPSA) is 129 Å². The van der Waals surface area contributed by atoms with Crippen LogP contribution in [0.3, 0.4) is 0 Å². The summed E-state index contributed by atoms with van der Waals surface area (Å²) in [4.78, 5) is 45.8. The summed E-state index contributed by atoms with van der Waals surface area (Å²) in [6, 6.07) is 0. The van der Waals surface area contributed by atoms with Crippen molar-refractivity contribution in [3.8, 4) is 0 Å². The Morgan fingerprint density at radius 1 is 0.545 bits per heavy atom. The molecule has 0 fully saturated rings. The van der Waals surface area contributed by atoms with Crippen molar-refractivity contribution in [3.63, 3.8) is 0 Å². The molecule has 2 N–H and O–H groups in total. The van der Waals surface area contributed by atoms with Gasteiger partial charge in [0.25, 0.3) is 0 Å². The lowest BCUT2D eigenvalue weighted by Gasteiger charge is -2.08. The van der Waals surface area contributed by atoms with Gasteiger partial charge in [0.1, 0.15) is 0 Å². The van der Waals surface area contributed by atoms with Crippen LogP contribution >= 0.6 is 0 Å². The fourth-order valence-electron chi connectivity index (χ4n) is 2.66. The van der Waals surface area contributed by atoms with E-state index in [9.17, 15) is 19.2 Å². The molecular formula is C23H42N2O8. The zero-order chi connectivity index (χ0) is 24.6. The molecule has 0 rings (SSSR count). The number of nitrogens with one attached hydrogen (secondary N) is 2. The highest BCUT2D eigenvalue weighted by molar-refractivity contribution is 5.77. The summed E-state index contributed by atoms with van der Waals surface area (Å²) in [5.74, 6) is -0.815. The highest BCUT2D eigenvalue weighted by atomic mass is 16.6. The smallest absolute Gasteiger partial charge is 0.407 e. The molecule has 0 aromatic rings. The number of carbonyl (C=O) groups is 4. The Labute approximate surface area is 197 Å². The Kier molecular flexibility index (Phi) is 20.9. The molecule has 0 aromatic carbocycles. The van der Waals surface area contributed by atoms with Crippen molar-refractivity contribution >= 4 is 24.1 Å². The Morgan fingerprint density at radius 3 is 1.48 bits per heavy atom. The van der Waals surface area contributed by atoms with Gasteiger partial charge in [-0.2, -0.15) is 0 Å². The van der Waals surface area contributed by atoms with Crippen molar-refractivity contribution in [2.45, 2.75) is 84.5 Å². The second-order valence-electron chi connectivity index (χ2n) is 7.48. The molecule has 0 aliphatic carbocycles. The van der Waals surface area contributed by atoms with Gasteiger partial charge in [-0.3, -0.25) is 9.59 Å². The molecule has 0 radical (unpaired) electrons. The van der Waals surface area contributed by atoms with Crippen LogP contribution in [-0.4, -0.2) is 63.6 Å². The Balaban J connectivity index is 3.42. The maximum absolute atomic E-state index is 11.6. The molecule has 0 saturated carbocycles. The second-order valence-corrected chi connectivity index (χ2v) is 7.48. The average molecular weight is 475 g/mol. The van der Waals surface area contributed by atoms with E-state index in [-0.39, 0.29) is 32.0 Å². The van der Waals surface area contributed by atoms with Gasteiger partial charge < -0.3 is 29.6 Å². The first-order valence-corrected chi connectivity index (χ1v) is 12.1. The number of amides is 2. The largest absolute Gasteiger partial charge is 0.466 e. The van der Waals surface area contributed by atoms with Crippen LogP contribution in [0, 0.1) is 0 Å². The maximum atomic E-state index is 11.6. The number of ether oxygens (including phenoxy) is 4. The normalized spacial score (nSPS) is 10.2. The van der Waals surface area contributed by atoms with Crippen LogP contribution in [-0.2, 0) is 28.5 Å². The van der Waals surface area contributed by atoms with Gasteiger partial charge in [-0.15, -0.1) is 0 Å². The number of alkyl carbamates (subject to hydrolysis) is 2. The van der Waals surface area contributed by atoms with Crippen molar-refractivity contribution in [2.24, 2.45) is 0 Å². The Hall–Kier alpha value is -2.52. The van der Waals surface area contributed by atoms with E-state index < -0.39 is 18.2 Å². The van der Waals surface area contributed by atoms with E-state index in [1.54, 1.807) is 6.92 Å². The van der Waals surface area contributed by atoms with E-state index in [2.05, 4.69) is 17.6 Å². The molecule has 0 bridgehead atoms. The van der Waals surface area contributed by atoms with E-state index >= 15 is 0 Å². The molecule has 10 heteroatoms. The average Bonchev–Trinajstić information content (AvgIpc) is 2.79. The molecule has 0 spiro atoms. The van der Waals surface area contributed by atoms with Crippen LogP contribution in [0.1, 0.15) is 84.5 Å². The number of carbonyl (C=O) groups excluding carboxylic acids is 4. The van der Waals surface area contributed by atoms with Crippen LogP contribution in [0.15, 0.2) is 0 Å². The minimum atomic E-state index is -0.464. The lowest BCUT2D eigenvalue weighted by molar-refractivity contribution is -0.150. The summed E-state index contributed by atoms with van der Waals surface area (Å²) in [6.45, 7) is 6.16. The molecule has 0 aromatic heterocycles. The van der Waals surface area contributed by atoms with Crippen LogP contribution in [0.4, 0.5) is 9.59 Å². The van der Waals surface area contributed by atoms with Gasteiger partial charge in [-0.1, -0.05) is 32.6 Å². The number of esters is 2. The number of unbranched alkanes of at least 4 members (excludes halogenated alkanes) is 6. The van der Waals surface area contributed by atoms with Crippen LogP contribution in [0.2, 0.25) is 0 Å². The van der Waals surface area contributed by atoms with Crippen LogP contribution < -0.4 is 10.6 Å². The van der Waals surface area contributed by atoms with Crippen molar-refractivity contribution in [1.82, 2.24) is 10.6 Å². The van der Waals surface area contributed by atoms with E-state index in [1.807, 2.05) is 0 Å². The van der Waals surface area contributed by atoms with E-state index in [4.69, 9.17) is 18.9 Å². The summed E-state index contributed by atoms with van der Waals surface area (Å²) in [5, 5.41) is 5.35. The Morgan fingerprint density at radius 2 is 1.00 bits per heavy atom. The highest BCUT2D eigenvalue weighted by Gasteiger charge is 2.09. The lowest BCUT2D eigenvalue weighted by atomic mass is 10.2. The molecular weight excluding hydrogens is 432 g/mol. The molecule has 10 nitrogen and oxygen atoms in total. The third-order valence-electron chi connectivity index (χ3n) is 4.50. The first kappa shape index (κ1) is 30.5. The fourth-order valence-corrected chi connectivity index (χ4v) is 2.66. The minimum absolute atomic E-state index is 0.00737. The minimum Gasteiger partial charge on any atom is -0.466 e. The van der Waals surface area contributed by atoms with Crippen LogP contribution in [0.5, 0.6) is 0 Å². The van der Waals surface area contributed by atoms with Gasteiger partial charge in [-0.25, -0.2) is 9.59 Å². The maximum Gasteiger partial charge on any atom is 0.407 e. The van der Waals surface area contributed by atoms with Gasteiger partial charge >= 0.3 is 24.1 Å². The molecule has 2 amide bonds. The van der Waals surface area contributed by atoms with E-state index in [1.165, 1.54) is 0 Å². The predicted molar refractivity (Wildman–Crippen MR) is 123 cm³/mol. The standard InChI is InChI=1S/C23H42N2O8/c1-3-5-10-17-31-20(26)13-14-21(27)32-18-11-12-19-33-23(29)25-16-9-7-6-8-15-24-22(28)30-4-2/h3-19H2,1-2H3,(H,24,28)(H,25,29). The summed E-state index contributed by atoms with van der Waals surface area (Å²) < 4.78 is 19.9. The summed E-state index contributed by atoms with van der Waals surface area (Å²) in [5.41, 5.74) is 0. The van der Waals surface area contributed by atoms with Crippen molar-refractivity contribution < 1.29 is 38.1 Å². The van der Waals surface area contributed by atoms with Crippen molar-refractivity contribution in [2.75, 3.05) is 39.5 Å². The first-order chi connectivity index (χ1) is 16.0. The van der Waals surface area contributed by atoms with Gasteiger partial charge in [0.05, 0.1) is 39.3 Å². The third-order valence-corrected chi connectivity index (χ3v) is 4.50. The molecule has 33 heavy (non-hydrogen) atoms. The monoisotopic (exact) mass is 474 g/mol. The SMILES string of the molecule is CCCCCOC(=O)CCC(=O)OCCCCOC(=O)NCCCCCCNC(=O)OCC. The molecule has 0 unspecified atom stereocenters. The summed E-state index contributed by atoms with van der Waals surface area (Å²) in [7, 11) is 0. The van der Waals surface area contributed by atoms with Crippen LogP contribution in [0.25, 0.3) is 0 Å². The second kappa shape index (κ2) is 22.7. The number of rotatable bonds is 20.